The fraction of sp³-hybridized carbons (Fsp3) is 0.364. The maximum Gasteiger partial charge on any atom is 0.204 e. The second kappa shape index (κ2) is 6.95. The van der Waals surface area contributed by atoms with Crippen LogP contribution in [0.2, 0.25) is 0 Å². The van der Waals surface area contributed by atoms with Crippen LogP contribution in [0, 0.1) is 5.92 Å². The number of hydrogen-bond donors (Lipinski definition) is 2. The first-order valence-electron chi connectivity index (χ1n) is 4.53. The normalized spacial score (nSPS) is 9.07. The van der Waals surface area contributed by atoms with Gasteiger partial charge < -0.3 is 10.8 Å². The summed E-state index contributed by atoms with van der Waals surface area (Å²) in [7, 11) is 0. The van der Waals surface area contributed by atoms with Crippen molar-refractivity contribution in [1.82, 2.24) is 0 Å². The quantitative estimate of drug-likeness (QED) is 0.705. The molecule has 0 aromatic heterocycles. The van der Waals surface area contributed by atoms with E-state index in [-0.39, 0.29) is 6.41 Å². The Kier molecular flexibility index (Phi) is 6.20. The van der Waals surface area contributed by atoms with Crippen molar-refractivity contribution in [3.63, 3.8) is 0 Å². The molecule has 1 amide bonds. The summed E-state index contributed by atoms with van der Waals surface area (Å²) in [5.74, 6) is 1.03. The van der Waals surface area contributed by atoms with Gasteiger partial charge in [0.05, 0.1) is 0 Å². The molecule has 0 aliphatic rings. The predicted octanol–water partition coefficient (Wildman–Crippen LogP) is 1.69. The number of aromatic hydroxyl groups is 1. The monoisotopic (exact) mass is 195 g/mol. The van der Waals surface area contributed by atoms with E-state index in [9.17, 15) is 0 Å². The molecule has 3 N–H and O–H groups in total. The van der Waals surface area contributed by atoms with Gasteiger partial charge in [0.15, 0.2) is 0 Å². The Morgan fingerprint density at radius 2 is 1.79 bits per heavy atom. The third kappa shape index (κ3) is 6.06. The lowest BCUT2D eigenvalue weighted by atomic mass is 10.0. The standard InChI is InChI=1S/C10H14O.CH3NO/c1-8(2)7-9-3-5-10(11)6-4-9;2-1-3/h3-6,8,11H,7H2,1-2H3;1H,(H2,2,3). The van der Waals surface area contributed by atoms with Crippen molar-refractivity contribution < 1.29 is 9.90 Å². The minimum Gasteiger partial charge on any atom is -0.508 e. The number of phenolic OH excluding ortho intramolecular Hbond substituents is 1. The van der Waals surface area contributed by atoms with Crippen molar-refractivity contribution in [1.29, 1.82) is 0 Å². The fourth-order valence-corrected chi connectivity index (χ4v) is 1.10. The zero-order valence-electron chi connectivity index (χ0n) is 8.60. The van der Waals surface area contributed by atoms with Gasteiger partial charge in [0.1, 0.15) is 5.75 Å². The molecule has 0 fully saturated rings. The third-order valence-corrected chi connectivity index (χ3v) is 1.58. The van der Waals surface area contributed by atoms with Gasteiger partial charge in [0.25, 0.3) is 0 Å². The molecule has 14 heavy (non-hydrogen) atoms. The summed E-state index contributed by atoms with van der Waals surface area (Å²) in [6.07, 6.45) is 1.33. The van der Waals surface area contributed by atoms with E-state index in [1.807, 2.05) is 12.1 Å². The molecular formula is C11H17NO2. The van der Waals surface area contributed by atoms with Crippen LogP contribution in [0.5, 0.6) is 5.75 Å². The lowest BCUT2D eigenvalue weighted by molar-refractivity contribution is -0.106. The van der Waals surface area contributed by atoms with Crippen LogP contribution in [0.3, 0.4) is 0 Å². The Morgan fingerprint density at radius 3 is 2.14 bits per heavy atom. The minimum atomic E-state index is 0.250. The van der Waals surface area contributed by atoms with Gasteiger partial charge in [-0.2, -0.15) is 0 Å². The van der Waals surface area contributed by atoms with E-state index in [0.29, 0.717) is 11.7 Å². The van der Waals surface area contributed by atoms with E-state index in [4.69, 9.17) is 9.90 Å². The van der Waals surface area contributed by atoms with Crippen LogP contribution < -0.4 is 5.73 Å². The lowest BCUT2D eigenvalue weighted by Gasteiger charge is -2.03. The lowest BCUT2D eigenvalue weighted by Crippen LogP contribution is -1.92. The Morgan fingerprint density at radius 1 is 1.36 bits per heavy atom. The van der Waals surface area contributed by atoms with Crippen molar-refractivity contribution in [2.75, 3.05) is 0 Å². The highest BCUT2D eigenvalue weighted by molar-refractivity contribution is 5.42. The molecule has 0 heterocycles. The molecule has 78 valence electrons. The maximum absolute atomic E-state index is 8.99. The van der Waals surface area contributed by atoms with Crippen LogP contribution in [0.25, 0.3) is 0 Å². The molecule has 1 aromatic carbocycles. The van der Waals surface area contributed by atoms with E-state index in [1.54, 1.807) is 12.1 Å². The first-order valence-corrected chi connectivity index (χ1v) is 4.53. The van der Waals surface area contributed by atoms with Gasteiger partial charge in [-0.05, 0) is 30.0 Å². The molecule has 1 aromatic rings. The number of benzene rings is 1. The van der Waals surface area contributed by atoms with Gasteiger partial charge in [-0.3, -0.25) is 4.79 Å². The zero-order valence-corrected chi connectivity index (χ0v) is 8.60. The van der Waals surface area contributed by atoms with E-state index >= 15 is 0 Å². The molecule has 0 radical (unpaired) electrons. The number of primary amides is 1. The molecule has 0 aliphatic carbocycles. The average Bonchev–Trinajstić information content (AvgIpc) is 2.09. The number of carbonyl (C=O) groups excluding carboxylic acids is 1. The SMILES string of the molecule is CC(C)Cc1ccc(O)cc1.NC=O. The minimum absolute atomic E-state index is 0.250. The molecule has 3 nitrogen and oxygen atoms in total. The predicted molar refractivity (Wildman–Crippen MR) is 56.9 cm³/mol. The number of amides is 1. The molecule has 0 aliphatic heterocycles. The van der Waals surface area contributed by atoms with Gasteiger partial charge in [-0.15, -0.1) is 0 Å². The summed E-state index contributed by atoms with van der Waals surface area (Å²) in [6.45, 7) is 4.37. The van der Waals surface area contributed by atoms with Crippen molar-refractivity contribution in [2.45, 2.75) is 20.3 Å². The van der Waals surface area contributed by atoms with Gasteiger partial charge in [0.2, 0.25) is 6.41 Å². The number of rotatable bonds is 2. The van der Waals surface area contributed by atoms with Gasteiger partial charge >= 0.3 is 0 Å². The molecule has 0 saturated heterocycles. The van der Waals surface area contributed by atoms with Crippen LogP contribution in [0.1, 0.15) is 19.4 Å². The summed E-state index contributed by atoms with van der Waals surface area (Å²) in [6, 6.07) is 7.40. The molecule has 0 saturated carbocycles. The third-order valence-electron chi connectivity index (χ3n) is 1.58. The number of nitrogens with two attached hydrogens (primary N) is 1. The number of carbonyl (C=O) groups is 1. The Bertz CT molecular complexity index is 254. The van der Waals surface area contributed by atoms with Crippen LogP contribution in [0.15, 0.2) is 24.3 Å². The smallest absolute Gasteiger partial charge is 0.204 e. The molecule has 0 atom stereocenters. The summed E-state index contributed by atoms with van der Waals surface area (Å²) >= 11 is 0. The number of phenols is 1. The van der Waals surface area contributed by atoms with E-state index in [1.165, 1.54) is 5.56 Å². The molecule has 1 rings (SSSR count). The second-order valence-electron chi connectivity index (χ2n) is 3.40. The summed E-state index contributed by atoms with van der Waals surface area (Å²) in [5, 5.41) is 8.99. The molecular weight excluding hydrogens is 178 g/mol. The second-order valence-corrected chi connectivity index (χ2v) is 3.40. The topological polar surface area (TPSA) is 63.3 Å². The van der Waals surface area contributed by atoms with Crippen molar-refractivity contribution in [3.8, 4) is 5.75 Å². The Balaban J connectivity index is 0.000000500. The average molecular weight is 195 g/mol. The molecule has 0 unspecified atom stereocenters. The van der Waals surface area contributed by atoms with Gasteiger partial charge in [0, 0.05) is 0 Å². The highest BCUT2D eigenvalue weighted by atomic mass is 16.3. The molecule has 3 heteroatoms. The van der Waals surface area contributed by atoms with E-state index < -0.39 is 0 Å². The van der Waals surface area contributed by atoms with Crippen LogP contribution in [-0.4, -0.2) is 11.5 Å². The first-order chi connectivity index (χ1) is 6.60. The van der Waals surface area contributed by atoms with Crippen LogP contribution in [-0.2, 0) is 11.2 Å². The summed E-state index contributed by atoms with van der Waals surface area (Å²) in [5.41, 5.74) is 5.46. The Hall–Kier alpha value is -1.51. The van der Waals surface area contributed by atoms with Gasteiger partial charge in [-0.25, -0.2) is 0 Å². The Labute approximate surface area is 84.6 Å². The van der Waals surface area contributed by atoms with E-state index in [2.05, 4.69) is 19.6 Å². The van der Waals surface area contributed by atoms with Crippen LogP contribution >= 0.6 is 0 Å². The number of hydrogen-bond acceptors (Lipinski definition) is 2. The summed E-state index contributed by atoms with van der Waals surface area (Å²) in [4.78, 5) is 8.58. The van der Waals surface area contributed by atoms with Crippen molar-refractivity contribution >= 4 is 6.41 Å². The first kappa shape index (κ1) is 12.5. The van der Waals surface area contributed by atoms with Crippen LogP contribution in [0.4, 0.5) is 0 Å². The zero-order chi connectivity index (χ0) is 11.0. The molecule has 0 bridgehead atoms. The van der Waals surface area contributed by atoms with Gasteiger partial charge in [-0.1, -0.05) is 26.0 Å². The maximum atomic E-state index is 8.99. The van der Waals surface area contributed by atoms with Crippen molar-refractivity contribution in [2.24, 2.45) is 11.7 Å². The highest BCUT2D eigenvalue weighted by Crippen LogP contribution is 2.12. The van der Waals surface area contributed by atoms with Crippen molar-refractivity contribution in [3.05, 3.63) is 29.8 Å². The highest BCUT2D eigenvalue weighted by Gasteiger charge is 1.96. The molecule has 0 spiro atoms. The fourth-order valence-electron chi connectivity index (χ4n) is 1.10. The largest absolute Gasteiger partial charge is 0.508 e. The van der Waals surface area contributed by atoms with E-state index in [0.717, 1.165) is 6.42 Å². The summed E-state index contributed by atoms with van der Waals surface area (Å²) < 4.78 is 0.